The number of urea groups is 1. The molecule has 1 saturated heterocycles. The molecular weight excluding hydrogens is 494 g/mol. The molecule has 2 aliphatic rings. The quantitative estimate of drug-likeness (QED) is 0.425. The number of hydrogen-bond donors (Lipinski definition) is 2. The van der Waals surface area contributed by atoms with E-state index in [1.54, 1.807) is 29.2 Å². The minimum atomic E-state index is -0.966. The predicted molar refractivity (Wildman–Crippen MR) is 150 cm³/mol. The highest BCUT2D eigenvalue weighted by Gasteiger charge is 2.44. The van der Waals surface area contributed by atoms with Gasteiger partial charge in [0.2, 0.25) is 0 Å². The zero-order valence-corrected chi connectivity index (χ0v) is 23.3. The molecule has 2 fully saturated rings. The summed E-state index contributed by atoms with van der Waals surface area (Å²) >= 11 is 0. The number of carboxylic acids is 1. The molecule has 1 atom stereocenters. The van der Waals surface area contributed by atoms with Gasteiger partial charge in [0.15, 0.2) is 5.78 Å². The number of rotatable bonds is 8. The Hall–Kier alpha value is -3.68. The van der Waals surface area contributed by atoms with E-state index in [2.05, 4.69) is 26.1 Å². The van der Waals surface area contributed by atoms with Gasteiger partial charge in [0.25, 0.3) is 5.91 Å². The van der Waals surface area contributed by atoms with Crippen molar-refractivity contribution >= 4 is 29.4 Å². The molecule has 1 unspecified atom stereocenters. The first-order valence-corrected chi connectivity index (χ1v) is 13.8. The topological polar surface area (TPSA) is 107 Å². The van der Waals surface area contributed by atoms with Gasteiger partial charge in [-0.05, 0) is 73.8 Å². The van der Waals surface area contributed by atoms with Gasteiger partial charge in [-0.15, -0.1) is 0 Å². The Morgan fingerprint density at radius 3 is 2.23 bits per heavy atom. The highest BCUT2D eigenvalue weighted by molar-refractivity contribution is 5.99. The van der Waals surface area contributed by atoms with Crippen LogP contribution in [0.2, 0.25) is 0 Å². The highest BCUT2D eigenvalue weighted by atomic mass is 16.4. The smallest absolute Gasteiger partial charge is 0.325 e. The molecule has 39 heavy (non-hydrogen) atoms. The van der Waals surface area contributed by atoms with Crippen LogP contribution in [0.25, 0.3) is 0 Å². The van der Waals surface area contributed by atoms with Gasteiger partial charge in [0, 0.05) is 29.4 Å². The molecular formula is C31H39N3O5. The molecule has 2 aromatic carbocycles. The molecule has 2 aromatic rings. The third-order valence-corrected chi connectivity index (χ3v) is 8.20. The second kappa shape index (κ2) is 11.6. The van der Waals surface area contributed by atoms with E-state index in [0.717, 1.165) is 31.2 Å². The number of aliphatic carboxylic acids is 1. The molecule has 8 nitrogen and oxygen atoms in total. The van der Waals surface area contributed by atoms with Crippen molar-refractivity contribution in [2.24, 2.45) is 11.3 Å². The Kier molecular flexibility index (Phi) is 8.42. The Morgan fingerprint density at radius 1 is 0.974 bits per heavy atom. The van der Waals surface area contributed by atoms with Crippen molar-refractivity contribution in [3.63, 3.8) is 0 Å². The Balaban J connectivity index is 1.59. The fourth-order valence-electron chi connectivity index (χ4n) is 5.86. The maximum Gasteiger partial charge on any atom is 0.325 e. The zero-order chi connectivity index (χ0) is 28.3. The summed E-state index contributed by atoms with van der Waals surface area (Å²) in [5.74, 6) is -0.723. The molecule has 208 valence electrons. The number of ketones is 1. The van der Waals surface area contributed by atoms with Crippen LogP contribution in [0, 0.1) is 11.3 Å². The van der Waals surface area contributed by atoms with Crippen molar-refractivity contribution in [1.82, 2.24) is 10.2 Å². The number of Topliss-reactive ketones (excluding diaryl/α,β-unsaturated/α-hetero) is 1. The Morgan fingerprint density at radius 2 is 1.64 bits per heavy atom. The molecule has 1 aliphatic heterocycles. The SMILES string of the molecule is CC(=O)c1cccc(N2CC(c3ccc(C(=O)NCCC(=O)O)cc3)N(C3CCC(C(C)(C)C)CC3)C2=O)c1. The molecule has 4 rings (SSSR count). The number of carbonyl (C=O) groups is 4. The van der Waals surface area contributed by atoms with Crippen LogP contribution < -0.4 is 10.2 Å². The van der Waals surface area contributed by atoms with E-state index in [4.69, 9.17) is 5.11 Å². The number of benzene rings is 2. The average molecular weight is 534 g/mol. The molecule has 3 amide bonds. The number of nitrogens with one attached hydrogen (secondary N) is 1. The summed E-state index contributed by atoms with van der Waals surface area (Å²) in [6, 6.07) is 14.3. The van der Waals surface area contributed by atoms with Crippen LogP contribution in [0.15, 0.2) is 48.5 Å². The standard InChI is InChI=1S/C31H39N3O5/c1-20(35)23-6-5-7-26(18-23)33-19-27(21-8-10-22(11-9-21)29(38)32-17-16-28(36)37)34(30(33)39)25-14-12-24(13-15-25)31(2,3)4/h5-11,18,24-25,27H,12-17,19H2,1-4H3,(H,32,38)(H,36,37). The zero-order valence-electron chi connectivity index (χ0n) is 23.3. The van der Waals surface area contributed by atoms with Gasteiger partial charge < -0.3 is 15.3 Å². The lowest BCUT2D eigenvalue weighted by Gasteiger charge is -2.41. The predicted octanol–water partition coefficient (Wildman–Crippen LogP) is 5.68. The van der Waals surface area contributed by atoms with Crippen molar-refractivity contribution in [3.8, 4) is 0 Å². The second-order valence-corrected chi connectivity index (χ2v) is 11.8. The highest BCUT2D eigenvalue weighted by Crippen LogP contribution is 2.43. The lowest BCUT2D eigenvalue weighted by atomic mass is 9.71. The van der Waals surface area contributed by atoms with Crippen molar-refractivity contribution in [2.75, 3.05) is 18.0 Å². The van der Waals surface area contributed by atoms with Crippen LogP contribution in [-0.4, -0.2) is 52.8 Å². The van der Waals surface area contributed by atoms with Crippen LogP contribution in [-0.2, 0) is 4.79 Å². The van der Waals surface area contributed by atoms with E-state index in [9.17, 15) is 19.2 Å². The lowest BCUT2D eigenvalue weighted by molar-refractivity contribution is -0.136. The first kappa shape index (κ1) is 28.3. The molecule has 0 spiro atoms. The lowest BCUT2D eigenvalue weighted by Crippen LogP contribution is -2.43. The van der Waals surface area contributed by atoms with Gasteiger partial charge in [-0.2, -0.15) is 0 Å². The second-order valence-electron chi connectivity index (χ2n) is 11.8. The molecule has 8 heteroatoms. The molecule has 0 radical (unpaired) electrons. The summed E-state index contributed by atoms with van der Waals surface area (Å²) in [4.78, 5) is 52.9. The van der Waals surface area contributed by atoms with Crippen molar-refractivity contribution < 1.29 is 24.3 Å². The van der Waals surface area contributed by atoms with Crippen LogP contribution >= 0.6 is 0 Å². The molecule has 2 N–H and O–H groups in total. The summed E-state index contributed by atoms with van der Waals surface area (Å²) in [7, 11) is 0. The van der Waals surface area contributed by atoms with Gasteiger partial charge in [0.1, 0.15) is 0 Å². The first-order chi connectivity index (χ1) is 18.5. The normalized spacial score (nSPS) is 21.6. The molecule has 1 saturated carbocycles. The summed E-state index contributed by atoms with van der Waals surface area (Å²) in [5, 5.41) is 11.4. The largest absolute Gasteiger partial charge is 0.481 e. The van der Waals surface area contributed by atoms with Crippen molar-refractivity contribution in [2.45, 2.75) is 71.9 Å². The molecule has 0 aromatic heterocycles. The van der Waals surface area contributed by atoms with Crippen molar-refractivity contribution in [1.29, 1.82) is 0 Å². The van der Waals surface area contributed by atoms with E-state index in [-0.39, 0.29) is 48.2 Å². The van der Waals surface area contributed by atoms with E-state index in [1.807, 2.05) is 29.2 Å². The van der Waals surface area contributed by atoms with E-state index >= 15 is 0 Å². The summed E-state index contributed by atoms with van der Waals surface area (Å²) in [6.07, 6.45) is 3.88. The van der Waals surface area contributed by atoms with E-state index in [1.165, 1.54) is 6.92 Å². The van der Waals surface area contributed by atoms with Gasteiger partial charge >= 0.3 is 12.0 Å². The van der Waals surface area contributed by atoms with E-state index < -0.39 is 5.97 Å². The van der Waals surface area contributed by atoms with Gasteiger partial charge in [-0.25, -0.2) is 4.79 Å². The summed E-state index contributed by atoms with van der Waals surface area (Å²) in [5.41, 5.74) is 2.89. The monoisotopic (exact) mass is 533 g/mol. The van der Waals surface area contributed by atoms with Gasteiger partial charge in [-0.3, -0.25) is 19.3 Å². The van der Waals surface area contributed by atoms with Crippen LogP contribution in [0.4, 0.5) is 10.5 Å². The Bertz CT molecular complexity index is 1230. The maximum atomic E-state index is 14.0. The number of amides is 3. The molecule has 1 heterocycles. The molecule has 0 bridgehead atoms. The number of nitrogens with zero attached hydrogens (tertiary/aromatic N) is 2. The average Bonchev–Trinajstić information content (AvgIpc) is 3.25. The summed E-state index contributed by atoms with van der Waals surface area (Å²) in [6.45, 7) is 8.88. The number of carboxylic acid groups (broad SMARTS) is 1. The molecule has 1 aliphatic carbocycles. The Labute approximate surface area is 230 Å². The fourth-order valence-corrected chi connectivity index (χ4v) is 5.86. The number of anilines is 1. The number of hydrogen-bond acceptors (Lipinski definition) is 4. The van der Waals surface area contributed by atoms with Gasteiger partial charge in [0.05, 0.1) is 19.0 Å². The van der Waals surface area contributed by atoms with Crippen molar-refractivity contribution in [3.05, 3.63) is 65.2 Å². The third kappa shape index (κ3) is 6.49. The van der Waals surface area contributed by atoms with Crippen LogP contribution in [0.5, 0.6) is 0 Å². The minimum Gasteiger partial charge on any atom is -0.481 e. The minimum absolute atomic E-state index is 0.0466. The third-order valence-electron chi connectivity index (χ3n) is 8.20. The fraction of sp³-hybridized carbons (Fsp3) is 0.484. The maximum absolute atomic E-state index is 14.0. The first-order valence-electron chi connectivity index (χ1n) is 13.8. The van der Waals surface area contributed by atoms with E-state index in [0.29, 0.717) is 29.3 Å². The van der Waals surface area contributed by atoms with Crippen LogP contribution in [0.3, 0.4) is 0 Å². The van der Waals surface area contributed by atoms with Crippen LogP contribution in [0.1, 0.15) is 92.1 Å². The number of carbonyl (C=O) groups excluding carboxylic acids is 3. The van der Waals surface area contributed by atoms with Gasteiger partial charge in [-0.1, -0.05) is 45.0 Å². The summed E-state index contributed by atoms with van der Waals surface area (Å²) < 4.78 is 0.